The molecule has 1 aromatic carbocycles. The van der Waals surface area contributed by atoms with Gasteiger partial charge in [0.1, 0.15) is 5.67 Å². The van der Waals surface area contributed by atoms with Crippen molar-refractivity contribution in [3.63, 3.8) is 0 Å². The molecule has 1 aromatic heterocycles. The third kappa shape index (κ3) is 4.66. The highest BCUT2D eigenvalue weighted by Crippen LogP contribution is 2.38. The van der Waals surface area contributed by atoms with Gasteiger partial charge in [0.05, 0.1) is 6.04 Å². The number of halogens is 1. The van der Waals surface area contributed by atoms with Crippen LogP contribution in [0.1, 0.15) is 44.0 Å². The normalized spacial score (nSPS) is 18.1. The number of nitrogens with one attached hydrogen (secondary N) is 1. The summed E-state index contributed by atoms with van der Waals surface area (Å²) in [6.45, 7) is 8.35. The van der Waals surface area contributed by atoms with E-state index >= 15 is 0 Å². The predicted octanol–water partition coefficient (Wildman–Crippen LogP) is 4.79. The van der Waals surface area contributed by atoms with E-state index in [1.807, 2.05) is 12.1 Å². The maximum absolute atomic E-state index is 14.4. The predicted molar refractivity (Wildman–Crippen MR) is 107 cm³/mol. The number of nitrogens with zero attached hydrogens (tertiary/aromatic N) is 1. The third-order valence-electron chi connectivity index (χ3n) is 5.05. The molecule has 3 rings (SSSR count). The number of allylic oxidation sites excluding steroid dienone is 2. The quantitative estimate of drug-likeness (QED) is 0.544. The minimum absolute atomic E-state index is 0.0613. The van der Waals surface area contributed by atoms with Crippen molar-refractivity contribution in [2.45, 2.75) is 44.8 Å². The van der Waals surface area contributed by atoms with Gasteiger partial charge in [-0.25, -0.2) is 9.18 Å². The number of alkyl halides is 1. The van der Waals surface area contributed by atoms with Crippen LogP contribution < -0.4 is 0 Å². The van der Waals surface area contributed by atoms with Crippen LogP contribution in [0.25, 0.3) is 10.9 Å². The number of hydrogen-bond donors (Lipinski definition) is 2. The van der Waals surface area contributed by atoms with Crippen LogP contribution in [0.4, 0.5) is 4.39 Å². The smallest absolute Gasteiger partial charge is 0.328 e. The van der Waals surface area contributed by atoms with Crippen LogP contribution in [-0.4, -0.2) is 39.7 Å². The molecule has 0 aliphatic carbocycles. The zero-order chi connectivity index (χ0) is 19.6. The van der Waals surface area contributed by atoms with Gasteiger partial charge in [-0.15, -0.1) is 0 Å². The van der Waals surface area contributed by atoms with Gasteiger partial charge in [0.25, 0.3) is 0 Å². The molecule has 27 heavy (non-hydrogen) atoms. The van der Waals surface area contributed by atoms with Crippen molar-refractivity contribution in [1.29, 1.82) is 0 Å². The van der Waals surface area contributed by atoms with E-state index in [0.717, 1.165) is 42.2 Å². The van der Waals surface area contributed by atoms with Crippen LogP contribution in [-0.2, 0) is 11.2 Å². The largest absolute Gasteiger partial charge is 0.478 e. The molecule has 0 bridgehead atoms. The number of H-pyrrole nitrogens is 1. The number of rotatable bonds is 7. The Morgan fingerprint density at radius 3 is 2.85 bits per heavy atom. The number of aromatic nitrogens is 1. The lowest BCUT2D eigenvalue weighted by molar-refractivity contribution is -0.131. The molecular weight excluding hydrogens is 343 g/mol. The summed E-state index contributed by atoms with van der Waals surface area (Å²) >= 11 is 0. The first-order chi connectivity index (χ1) is 12.7. The summed E-state index contributed by atoms with van der Waals surface area (Å²) < 4.78 is 14.4. The molecule has 0 saturated heterocycles. The number of fused-ring (bicyclic) bond motifs is 3. The van der Waals surface area contributed by atoms with Crippen LogP contribution >= 0.6 is 0 Å². The monoisotopic (exact) mass is 370 g/mol. The lowest BCUT2D eigenvalue weighted by Gasteiger charge is -2.38. The minimum Gasteiger partial charge on any atom is -0.478 e. The molecule has 1 aliphatic heterocycles. The number of aliphatic carboxylic acids is 1. The van der Waals surface area contributed by atoms with Crippen LogP contribution in [0.5, 0.6) is 0 Å². The lowest BCUT2D eigenvalue weighted by Crippen LogP contribution is -2.42. The molecule has 2 aromatic rings. The lowest BCUT2D eigenvalue weighted by atomic mass is 9.92. The van der Waals surface area contributed by atoms with Crippen molar-refractivity contribution in [2.24, 2.45) is 0 Å². The van der Waals surface area contributed by atoms with Crippen LogP contribution in [0.3, 0.4) is 0 Å². The molecule has 0 amide bonds. The molecule has 0 saturated carbocycles. The Morgan fingerprint density at radius 2 is 2.15 bits per heavy atom. The molecule has 1 atom stereocenters. The Kier molecular flexibility index (Phi) is 5.51. The average molecular weight is 370 g/mol. The van der Waals surface area contributed by atoms with Gasteiger partial charge in [-0.3, -0.25) is 4.90 Å². The van der Waals surface area contributed by atoms with Gasteiger partial charge in [-0.05, 0) is 44.7 Å². The molecular formula is C22H27FN2O2. The highest BCUT2D eigenvalue weighted by atomic mass is 19.1. The Hall–Kier alpha value is -2.40. The fourth-order valence-electron chi connectivity index (χ4n) is 3.96. The Labute approximate surface area is 159 Å². The van der Waals surface area contributed by atoms with E-state index in [-0.39, 0.29) is 6.04 Å². The second-order valence-electron chi connectivity index (χ2n) is 7.89. The van der Waals surface area contributed by atoms with Crippen molar-refractivity contribution in [1.82, 2.24) is 9.88 Å². The summed E-state index contributed by atoms with van der Waals surface area (Å²) in [5.41, 5.74) is 3.07. The number of para-hydroxylation sites is 1. The SMILES string of the molecule is C=C(/C=C/C(=O)O)CC[C@@H]1c2[nH]c3ccccc3c2CCN1CC(C)(C)F. The summed E-state index contributed by atoms with van der Waals surface area (Å²) in [6.07, 6.45) is 4.97. The molecule has 5 heteroatoms. The number of carboxylic acid groups (broad SMARTS) is 1. The maximum atomic E-state index is 14.4. The summed E-state index contributed by atoms with van der Waals surface area (Å²) in [6, 6.07) is 8.32. The van der Waals surface area contributed by atoms with E-state index < -0.39 is 11.6 Å². The Balaban J connectivity index is 1.87. The van der Waals surface area contributed by atoms with E-state index in [1.165, 1.54) is 10.9 Å². The van der Waals surface area contributed by atoms with E-state index in [4.69, 9.17) is 5.11 Å². The molecule has 4 nitrogen and oxygen atoms in total. The second-order valence-corrected chi connectivity index (χ2v) is 7.89. The van der Waals surface area contributed by atoms with E-state index in [9.17, 15) is 9.18 Å². The Bertz CT molecular complexity index is 876. The second kappa shape index (κ2) is 7.69. The molecule has 0 radical (unpaired) electrons. The van der Waals surface area contributed by atoms with Gasteiger partial charge in [0, 0.05) is 35.8 Å². The molecule has 144 valence electrons. The van der Waals surface area contributed by atoms with Crippen LogP contribution in [0, 0.1) is 0 Å². The van der Waals surface area contributed by atoms with Gasteiger partial charge in [-0.1, -0.05) is 36.4 Å². The Morgan fingerprint density at radius 1 is 1.41 bits per heavy atom. The van der Waals surface area contributed by atoms with Gasteiger partial charge < -0.3 is 10.1 Å². The molecule has 1 aliphatic rings. The molecule has 2 heterocycles. The van der Waals surface area contributed by atoms with Crippen molar-refractivity contribution in [3.8, 4) is 0 Å². The first kappa shape index (κ1) is 19.4. The summed E-state index contributed by atoms with van der Waals surface area (Å²) in [4.78, 5) is 16.4. The van der Waals surface area contributed by atoms with Crippen molar-refractivity contribution < 1.29 is 14.3 Å². The number of hydrogen-bond acceptors (Lipinski definition) is 2. The fraction of sp³-hybridized carbons (Fsp3) is 0.409. The number of aromatic amines is 1. The highest BCUT2D eigenvalue weighted by Gasteiger charge is 2.33. The summed E-state index contributed by atoms with van der Waals surface area (Å²) in [7, 11) is 0. The number of benzene rings is 1. The molecule has 0 unspecified atom stereocenters. The van der Waals surface area contributed by atoms with E-state index in [0.29, 0.717) is 13.0 Å². The van der Waals surface area contributed by atoms with Crippen molar-refractivity contribution >= 4 is 16.9 Å². The third-order valence-corrected chi connectivity index (χ3v) is 5.05. The van der Waals surface area contributed by atoms with E-state index in [1.54, 1.807) is 19.9 Å². The maximum Gasteiger partial charge on any atom is 0.328 e. The average Bonchev–Trinajstić information content (AvgIpc) is 2.96. The minimum atomic E-state index is -1.28. The van der Waals surface area contributed by atoms with Gasteiger partial charge in [0.2, 0.25) is 0 Å². The fourth-order valence-corrected chi connectivity index (χ4v) is 3.96. The number of carboxylic acids is 1. The summed E-state index contributed by atoms with van der Waals surface area (Å²) in [5.74, 6) is -0.979. The molecule has 0 spiro atoms. The zero-order valence-electron chi connectivity index (χ0n) is 16.0. The van der Waals surface area contributed by atoms with Gasteiger partial charge in [-0.2, -0.15) is 0 Å². The van der Waals surface area contributed by atoms with Gasteiger partial charge in [0.15, 0.2) is 0 Å². The molecule has 2 N–H and O–H groups in total. The van der Waals surface area contributed by atoms with E-state index in [2.05, 4.69) is 28.6 Å². The molecule has 0 fully saturated rings. The van der Waals surface area contributed by atoms with Crippen molar-refractivity contribution in [2.75, 3.05) is 13.1 Å². The summed E-state index contributed by atoms with van der Waals surface area (Å²) in [5, 5.41) is 10.0. The first-order valence-corrected chi connectivity index (χ1v) is 9.36. The van der Waals surface area contributed by atoms with Gasteiger partial charge >= 0.3 is 5.97 Å². The standard InChI is InChI=1S/C22H27FN2O2/c1-15(9-11-20(26)27)8-10-19-21-17(12-13-25(19)14-22(2,3)23)16-6-4-5-7-18(16)24-21/h4-7,9,11,19,24H,1,8,10,12-14H2,2-3H3,(H,26,27)/b11-9+/t19-/m1/s1. The highest BCUT2D eigenvalue weighted by molar-refractivity contribution is 5.85. The topological polar surface area (TPSA) is 56.3 Å². The first-order valence-electron chi connectivity index (χ1n) is 9.36. The van der Waals surface area contributed by atoms with Crippen LogP contribution in [0.15, 0.2) is 48.6 Å². The van der Waals surface area contributed by atoms with Crippen molar-refractivity contribution in [3.05, 3.63) is 59.8 Å². The number of carbonyl (C=O) groups is 1. The zero-order valence-corrected chi connectivity index (χ0v) is 16.0. The van der Waals surface area contributed by atoms with Crippen LogP contribution in [0.2, 0.25) is 0 Å².